The number of rotatable bonds is 5. The van der Waals surface area contributed by atoms with Crippen LogP contribution in [0.3, 0.4) is 0 Å². The van der Waals surface area contributed by atoms with Crippen molar-refractivity contribution in [2.75, 3.05) is 32.7 Å². The lowest BCUT2D eigenvalue weighted by Gasteiger charge is -2.33. The Kier molecular flexibility index (Phi) is 5.42. The molecule has 0 bridgehead atoms. The predicted octanol–water partition coefficient (Wildman–Crippen LogP) is 2.69. The second-order valence-electron chi connectivity index (χ2n) is 6.91. The van der Waals surface area contributed by atoms with Crippen molar-refractivity contribution < 1.29 is 0 Å². The van der Waals surface area contributed by atoms with E-state index >= 15 is 0 Å². The molecule has 0 aliphatic carbocycles. The number of hydrogen-bond acceptors (Lipinski definition) is 4. The monoisotopic (exact) mass is 360 g/mol. The number of piperazine rings is 1. The summed E-state index contributed by atoms with van der Waals surface area (Å²) in [5.74, 6) is 0. The number of fused-ring (bicyclic) bond motifs is 1. The average Bonchev–Trinajstić information content (AvgIpc) is 2.72. The number of benzene rings is 2. The molecule has 5 heteroatoms. The fraction of sp³-hybridized carbons (Fsp3) is 0.273. The number of nitrogens with zero attached hydrogens (tertiary/aromatic N) is 4. The van der Waals surface area contributed by atoms with E-state index in [0.29, 0.717) is 6.67 Å². The molecule has 2 heterocycles. The Morgan fingerprint density at radius 3 is 2.41 bits per heavy atom. The minimum atomic E-state index is -0.0127. The maximum atomic E-state index is 12.6. The standard InChI is InChI=1S/C22H24N4O/c27-22-21-11-5-4-10-20(21)17-23-26(22)18-25-15-13-24(14-16-25)12-6-9-19-7-2-1-3-8-19/h1-11,17H,12-16,18H2. The summed E-state index contributed by atoms with van der Waals surface area (Å²) in [5, 5.41) is 5.97. The van der Waals surface area contributed by atoms with Crippen LogP contribution in [0.15, 0.2) is 71.7 Å². The van der Waals surface area contributed by atoms with E-state index in [4.69, 9.17) is 0 Å². The third-order valence-electron chi connectivity index (χ3n) is 5.03. The van der Waals surface area contributed by atoms with E-state index < -0.39 is 0 Å². The van der Waals surface area contributed by atoms with Gasteiger partial charge in [0.15, 0.2) is 0 Å². The number of hydrogen-bond donors (Lipinski definition) is 0. The van der Waals surface area contributed by atoms with Crippen LogP contribution in [0.4, 0.5) is 0 Å². The van der Waals surface area contributed by atoms with Crippen molar-refractivity contribution >= 4 is 16.8 Å². The van der Waals surface area contributed by atoms with Crippen LogP contribution >= 0.6 is 0 Å². The quantitative estimate of drug-likeness (QED) is 0.702. The molecule has 1 fully saturated rings. The summed E-state index contributed by atoms with van der Waals surface area (Å²) in [5.41, 5.74) is 1.22. The van der Waals surface area contributed by atoms with Gasteiger partial charge < -0.3 is 0 Å². The fourth-order valence-corrected chi connectivity index (χ4v) is 3.43. The molecular formula is C22H24N4O. The Morgan fingerprint density at radius 2 is 1.59 bits per heavy atom. The molecule has 3 aromatic rings. The Labute approximate surface area is 159 Å². The molecule has 1 aliphatic rings. The van der Waals surface area contributed by atoms with Gasteiger partial charge in [0.25, 0.3) is 5.56 Å². The van der Waals surface area contributed by atoms with E-state index in [-0.39, 0.29) is 5.56 Å². The average molecular weight is 360 g/mol. The summed E-state index contributed by atoms with van der Waals surface area (Å²) in [6.45, 7) is 5.40. The van der Waals surface area contributed by atoms with E-state index in [2.05, 4.69) is 51.3 Å². The van der Waals surface area contributed by atoms with Gasteiger partial charge in [-0.3, -0.25) is 14.6 Å². The molecule has 0 unspecified atom stereocenters. The largest absolute Gasteiger partial charge is 0.297 e. The van der Waals surface area contributed by atoms with Crippen LogP contribution in [0.25, 0.3) is 16.8 Å². The molecule has 138 valence electrons. The second kappa shape index (κ2) is 8.29. The summed E-state index contributed by atoms with van der Waals surface area (Å²) in [6, 6.07) is 18.0. The molecular weight excluding hydrogens is 336 g/mol. The lowest BCUT2D eigenvalue weighted by atomic mass is 10.2. The van der Waals surface area contributed by atoms with Crippen molar-refractivity contribution in [1.82, 2.24) is 19.6 Å². The Balaban J connectivity index is 1.31. The Hall–Kier alpha value is -2.76. The highest BCUT2D eigenvalue weighted by Crippen LogP contribution is 2.08. The highest BCUT2D eigenvalue weighted by molar-refractivity contribution is 5.80. The molecule has 0 spiro atoms. The fourth-order valence-electron chi connectivity index (χ4n) is 3.43. The highest BCUT2D eigenvalue weighted by Gasteiger charge is 2.17. The van der Waals surface area contributed by atoms with E-state index in [9.17, 15) is 4.79 Å². The highest BCUT2D eigenvalue weighted by atomic mass is 16.1. The van der Waals surface area contributed by atoms with Crippen LogP contribution < -0.4 is 5.56 Å². The molecule has 1 aromatic heterocycles. The van der Waals surface area contributed by atoms with Crippen LogP contribution in [0, 0.1) is 0 Å². The SMILES string of the molecule is O=c1c2ccccc2cnn1CN1CCN(CC=Cc2ccccc2)CC1. The van der Waals surface area contributed by atoms with Crippen molar-refractivity contribution in [1.29, 1.82) is 0 Å². The van der Waals surface area contributed by atoms with Crippen molar-refractivity contribution in [3.63, 3.8) is 0 Å². The first-order chi connectivity index (χ1) is 13.3. The molecule has 0 amide bonds. The Bertz CT molecular complexity index is 972. The maximum Gasteiger partial charge on any atom is 0.275 e. The van der Waals surface area contributed by atoms with Crippen LogP contribution in [-0.2, 0) is 6.67 Å². The van der Waals surface area contributed by atoms with Crippen LogP contribution in [0.1, 0.15) is 5.56 Å². The van der Waals surface area contributed by atoms with Crippen molar-refractivity contribution in [2.24, 2.45) is 0 Å². The summed E-state index contributed by atoms with van der Waals surface area (Å²) in [7, 11) is 0. The summed E-state index contributed by atoms with van der Waals surface area (Å²) in [4.78, 5) is 17.3. The molecule has 0 radical (unpaired) electrons. The van der Waals surface area contributed by atoms with Gasteiger partial charge in [0.2, 0.25) is 0 Å². The second-order valence-corrected chi connectivity index (χ2v) is 6.91. The van der Waals surface area contributed by atoms with E-state index in [1.807, 2.05) is 30.3 Å². The first-order valence-corrected chi connectivity index (χ1v) is 9.41. The van der Waals surface area contributed by atoms with Gasteiger partial charge in [0, 0.05) is 38.1 Å². The smallest absolute Gasteiger partial charge is 0.275 e. The molecule has 0 N–H and O–H groups in total. The van der Waals surface area contributed by atoms with E-state index in [0.717, 1.165) is 43.5 Å². The van der Waals surface area contributed by atoms with Crippen molar-refractivity contribution in [3.05, 3.63) is 82.8 Å². The summed E-state index contributed by atoms with van der Waals surface area (Å²) >= 11 is 0. The van der Waals surface area contributed by atoms with E-state index in [1.165, 1.54) is 5.56 Å². The van der Waals surface area contributed by atoms with Gasteiger partial charge in [-0.15, -0.1) is 0 Å². The minimum Gasteiger partial charge on any atom is -0.297 e. The Morgan fingerprint density at radius 1 is 0.889 bits per heavy atom. The van der Waals surface area contributed by atoms with Crippen molar-refractivity contribution in [2.45, 2.75) is 6.67 Å². The molecule has 2 aromatic carbocycles. The third-order valence-corrected chi connectivity index (χ3v) is 5.03. The minimum absolute atomic E-state index is 0.0127. The molecule has 5 nitrogen and oxygen atoms in total. The van der Waals surface area contributed by atoms with Gasteiger partial charge in [-0.2, -0.15) is 5.10 Å². The zero-order valence-electron chi connectivity index (χ0n) is 15.4. The molecule has 1 saturated heterocycles. The zero-order valence-corrected chi connectivity index (χ0v) is 15.4. The van der Waals surface area contributed by atoms with E-state index in [1.54, 1.807) is 10.9 Å². The molecule has 4 rings (SSSR count). The van der Waals surface area contributed by atoms with Gasteiger partial charge in [0.05, 0.1) is 18.3 Å². The molecule has 0 saturated carbocycles. The van der Waals surface area contributed by atoms with Gasteiger partial charge in [0.1, 0.15) is 0 Å². The normalized spacial score (nSPS) is 16.3. The van der Waals surface area contributed by atoms with Crippen LogP contribution in [0.2, 0.25) is 0 Å². The predicted molar refractivity (Wildman–Crippen MR) is 109 cm³/mol. The molecule has 0 atom stereocenters. The van der Waals surface area contributed by atoms with Crippen molar-refractivity contribution in [3.8, 4) is 0 Å². The van der Waals surface area contributed by atoms with Gasteiger partial charge in [-0.05, 0) is 11.6 Å². The van der Waals surface area contributed by atoms with Gasteiger partial charge in [-0.1, -0.05) is 60.7 Å². The third kappa shape index (κ3) is 4.32. The maximum absolute atomic E-state index is 12.6. The van der Waals surface area contributed by atoms with Crippen LogP contribution in [-0.4, -0.2) is 52.3 Å². The first kappa shape index (κ1) is 17.6. The van der Waals surface area contributed by atoms with Gasteiger partial charge in [-0.25, -0.2) is 4.68 Å². The lowest BCUT2D eigenvalue weighted by molar-refractivity contribution is 0.109. The zero-order chi connectivity index (χ0) is 18.5. The van der Waals surface area contributed by atoms with Crippen LogP contribution in [0.5, 0.6) is 0 Å². The first-order valence-electron chi connectivity index (χ1n) is 9.41. The molecule has 1 aliphatic heterocycles. The number of aromatic nitrogens is 2. The topological polar surface area (TPSA) is 41.4 Å². The summed E-state index contributed by atoms with van der Waals surface area (Å²) in [6.07, 6.45) is 6.17. The lowest BCUT2D eigenvalue weighted by Crippen LogP contribution is -2.47. The van der Waals surface area contributed by atoms with Gasteiger partial charge >= 0.3 is 0 Å². The summed E-state index contributed by atoms with van der Waals surface area (Å²) < 4.78 is 1.58. The molecule has 27 heavy (non-hydrogen) atoms.